The van der Waals surface area contributed by atoms with Crippen molar-refractivity contribution in [2.75, 3.05) is 13.6 Å². The molecule has 1 aromatic carbocycles. The monoisotopic (exact) mass is 345 g/mol. The number of hydrogen-bond acceptors (Lipinski definition) is 3. The average molecular weight is 345 g/mol. The minimum Gasteiger partial charge on any atom is -0.459 e. The van der Waals surface area contributed by atoms with Crippen molar-refractivity contribution in [2.45, 2.75) is 25.4 Å². The number of nitrogens with one attached hydrogen (secondary N) is 2. The largest absolute Gasteiger partial charge is 0.459 e. The Labute approximate surface area is 145 Å². The maximum Gasteiger partial charge on any atom is 0.318 e. The lowest BCUT2D eigenvalue weighted by Gasteiger charge is -2.23. The van der Waals surface area contributed by atoms with Crippen LogP contribution in [0.1, 0.15) is 18.6 Å². The SMILES string of the molecule is CNC(=O)[C@H]1CCCN1C(=O)NCc1ccc(-c2ccccc2F)o1. The number of likely N-dealkylation sites (tertiary alicyclic amines) is 1. The van der Waals surface area contributed by atoms with Gasteiger partial charge in [0, 0.05) is 13.6 Å². The van der Waals surface area contributed by atoms with Crippen LogP contribution >= 0.6 is 0 Å². The van der Waals surface area contributed by atoms with Crippen molar-refractivity contribution in [3.63, 3.8) is 0 Å². The number of hydrogen-bond donors (Lipinski definition) is 2. The number of furan rings is 1. The molecule has 0 unspecified atom stereocenters. The van der Waals surface area contributed by atoms with Crippen molar-refractivity contribution in [1.29, 1.82) is 0 Å². The molecule has 2 aromatic rings. The molecule has 1 atom stereocenters. The number of rotatable bonds is 4. The Bertz CT molecular complexity index is 774. The van der Waals surface area contributed by atoms with Crippen molar-refractivity contribution in [3.8, 4) is 11.3 Å². The molecule has 1 aromatic heterocycles. The molecule has 1 saturated heterocycles. The van der Waals surface area contributed by atoms with Gasteiger partial charge in [0.25, 0.3) is 0 Å². The van der Waals surface area contributed by atoms with E-state index in [1.807, 2.05) is 0 Å². The summed E-state index contributed by atoms with van der Waals surface area (Å²) in [6.07, 6.45) is 1.45. The number of carbonyl (C=O) groups is 2. The fourth-order valence-electron chi connectivity index (χ4n) is 2.99. The van der Waals surface area contributed by atoms with Crippen LogP contribution in [0.15, 0.2) is 40.8 Å². The van der Waals surface area contributed by atoms with Crippen LogP contribution in [-0.4, -0.2) is 36.5 Å². The summed E-state index contributed by atoms with van der Waals surface area (Å²) in [5, 5.41) is 5.33. The fraction of sp³-hybridized carbons (Fsp3) is 0.333. The molecule has 2 heterocycles. The molecule has 1 aliphatic rings. The number of carbonyl (C=O) groups excluding carboxylic acids is 2. The molecule has 132 valence electrons. The summed E-state index contributed by atoms with van der Waals surface area (Å²) in [6, 6.07) is 8.97. The van der Waals surface area contributed by atoms with Crippen LogP contribution < -0.4 is 10.6 Å². The van der Waals surface area contributed by atoms with E-state index in [2.05, 4.69) is 10.6 Å². The molecule has 0 spiro atoms. The summed E-state index contributed by atoms with van der Waals surface area (Å²) < 4.78 is 19.4. The van der Waals surface area contributed by atoms with Crippen molar-refractivity contribution in [1.82, 2.24) is 15.5 Å². The van der Waals surface area contributed by atoms with E-state index >= 15 is 0 Å². The molecule has 0 radical (unpaired) electrons. The topological polar surface area (TPSA) is 74.6 Å². The van der Waals surface area contributed by atoms with Gasteiger partial charge in [0.05, 0.1) is 12.1 Å². The minimum atomic E-state index is -0.435. The summed E-state index contributed by atoms with van der Waals surface area (Å²) in [4.78, 5) is 25.6. The number of halogens is 1. The van der Waals surface area contributed by atoms with Crippen molar-refractivity contribution in [2.24, 2.45) is 0 Å². The van der Waals surface area contributed by atoms with Gasteiger partial charge in [-0.1, -0.05) is 12.1 Å². The van der Waals surface area contributed by atoms with E-state index in [9.17, 15) is 14.0 Å². The quantitative estimate of drug-likeness (QED) is 0.894. The summed E-state index contributed by atoms with van der Waals surface area (Å²) in [7, 11) is 1.56. The lowest BCUT2D eigenvalue weighted by atomic mass is 10.1. The van der Waals surface area contributed by atoms with Gasteiger partial charge in [-0.15, -0.1) is 0 Å². The Kier molecular flexibility index (Phi) is 5.02. The van der Waals surface area contributed by atoms with E-state index in [0.29, 0.717) is 30.0 Å². The third-order valence-electron chi connectivity index (χ3n) is 4.28. The van der Waals surface area contributed by atoms with Gasteiger partial charge in [0.1, 0.15) is 23.4 Å². The molecular formula is C18H20FN3O3. The van der Waals surface area contributed by atoms with E-state index in [4.69, 9.17) is 4.42 Å². The van der Waals surface area contributed by atoms with Gasteiger partial charge < -0.3 is 20.0 Å². The first-order chi connectivity index (χ1) is 12.1. The van der Waals surface area contributed by atoms with Gasteiger partial charge in [-0.3, -0.25) is 4.79 Å². The van der Waals surface area contributed by atoms with E-state index < -0.39 is 6.04 Å². The van der Waals surface area contributed by atoms with E-state index in [-0.39, 0.29) is 24.3 Å². The van der Waals surface area contributed by atoms with Crippen molar-refractivity contribution < 1.29 is 18.4 Å². The Morgan fingerprint density at radius 1 is 1.28 bits per heavy atom. The lowest BCUT2D eigenvalue weighted by molar-refractivity contribution is -0.124. The molecule has 0 bridgehead atoms. The number of nitrogens with zero attached hydrogens (tertiary/aromatic N) is 1. The number of benzene rings is 1. The van der Waals surface area contributed by atoms with Gasteiger partial charge >= 0.3 is 6.03 Å². The lowest BCUT2D eigenvalue weighted by Crippen LogP contribution is -2.48. The summed E-state index contributed by atoms with van der Waals surface area (Å²) in [5.41, 5.74) is 0.374. The van der Waals surface area contributed by atoms with Crippen LogP contribution in [0.5, 0.6) is 0 Å². The highest BCUT2D eigenvalue weighted by Gasteiger charge is 2.33. The van der Waals surface area contributed by atoms with Gasteiger partial charge in [-0.05, 0) is 37.1 Å². The summed E-state index contributed by atoms with van der Waals surface area (Å²) in [6.45, 7) is 0.715. The van der Waals surface area contributed by atoms with E-state index in [0.717, 1.165) is 6.42 Å². The number of likely N-dealkylation sites (N-methyl/N-ethyl adjacent to an activating group) is 1. The summed E-state index contributed by atoms with van der Waals surface area (Å²) in [5.74, 6) is 0.402. The number of urea groups is 1. The maximum atomic E-state index is 13.8. The molecule has 1 fully saturated rings. The average Bonchev–Trinajstić information content (AvgIpc) is 3.29. The van der Waals surface area contributed by atoms with E-state index in [1.165, 1.54) is 11.0 Å². The molecule has 3 rings (SSSR count). The van der Waals surface area contributed by atoms with Crippen LogP contribution in [-0.2, 0) is 11.3 Å². The maximum absolute atomic E-state index is 13.8. The Balaban J connectivity index is 1.62. The molecule has 25 heavy (non-hydrogen) atoms. The first-order valence-corrected chi connectivity index (χ1v) is 8.20. The van der Waals surface area contributed by atoms with Crippen LogP contribution in [0.3, 0.4) is 0 Å². The molecule has 1 aliphatic heterocycles. The molecule has 7 heteroatoms. The van der Waals surface area contributed by atoms with Crippen LogP contribution in [0, 0.1) is 5.82 Å². The van der Waals surface area contributed by atoms with Crippen molar-refractivity contribution in [3.05, 3.63) is 48.0 Å². The van der Waals surface area contributed by atoms with Crippen LogP contribution in [0.2, 0.25) is 0 Å². The smallest absolute Gasteiger partial charge is 0.318 e. The molecule has 3 amide bonds. The van der Waals surface area contributed by atoms with Gasteiger partial charge in [-0.2, -0.15) is 0 Å². The molecular weight excluding hydrogens is 325 g/mol. The zero-order valence-corrected chi connectivity index (χ0v) is 13.9. The number of amides is 3. The molecule has 6 nitrogen and oxygen atoms in total. The normalized spacial score (nSPS) is 16.7. The first-order valence-electron chi connectivity index (χ1n) is 8.20. The van der Waals surface area contributed by atoms with Gasteiger partial charge in [0.15, 0.2) is 0 Å². The Hall–Kier alpha value is -2.83. The third-order valence-corrected chi connectivity index (χ3v) is 4.28. The van der Waals surface area contributed by atoms with Crippen LogP contribution in [0.25, 0.3) is 11.3 Å². The van der Waals surface area contributed by atoms with Gasteiger partial charge in [0.2, 0.25) is 5.91 Å². The molecule has 0 saturated carbocycles. The third kappa shape index (κ3) is 3.65. The minimum absolute atomic E-state index is 0.160. The van der Waals surface area contributed by atoms with E-state index in [1.54, 1.807) is 37.4 Å². The van der Waals surface area contributed by atoms with Crippen LogP contribution in [0.4, 0.5) is 9.18 Å². The summed E-state index contributed by atoms with van der Waals surface area (Å²) >= 11 is 0. The first kappa shape index (κ1) is 17.0. The zero-order chi connectivity index (χ0) is 17.8. The van der Waals surface area contributed by atoms with Gasteiger partial charge in [-0.25, -0.2) is 9.18 Å². The molecule has 0 aliphatic carbocycles. The Morgan fingerprint density at radius 2 is 2.08 bits per heavy atom. The highest BCUT2D eigenvalue weighted by Crippen LogP contribution is 2.25. The highest BCUT2D eigenvalue weighted by atomic mass is 19.1. The second-order valence-corrected chi connectivity index (χ2v) is 5.87. The second kappa shape index (κ2) is 7.38. The second-order valence-electron chi connectivity index (χ2n) is 5.87. The highest BCUT2D eigenvalue weighted by molar-refractivity contribution is 5.87. The van der Waals surface area contributed by atoms with Crippen molar-refractivity contribution >= 4 is 11.9 Å². The predicted molar refractivity (Wildman–Crippen MR) is 90.1 cm³/mol. The zero-order valence-electron chi connectivity index (χ0n) is 13.9. The molecule has 2 N–H and O–H groups in total. The Morgan fingerprint density at radius 3 is 2.84 bits per heavy atom. The standard InChI is InChI=1S/C18H20FN3O3/c1-20-17(23)15-7-4-10-22(15)18(24)21-11-12-8-9-16(25-12)13-5-2-3-6-14(13)19/h2-3,5-6,8-9,15H,4,7,10-11H2,1H3,(H,20,23)(H,21,24)/t15-/m1/s1. The predicted octanol–water partition coefficient (Wildman–Crippen LogP) is 2.51. The fourth-order valence-corrected chi connectivity index (χ4v) is 2.99.